The minimum Gasteiger partial charge on any atom is -0.459 e. The van der Waals surface area contributed by atoms with Gasteiger partial charge in [-0.3, -0.25) is 0 Å². The number of benzene rings is 1. The van der Waals surface area contributed by atoms with Crippen LogP contribution >= 0.6 is 15.9 Å². The Balaban J connectivity index is 2.09. The van der Waals surface area contributed by atoms with Crippen LogP contribution in [0.15, 0.2) is 39.4 Å². The van der Waals surface area contributed by atoms with E-state index in [0.29, 0.717) is 10.4 Å². The van der Waals surface area contributed by atoms with Crippen molar-refractivity contribution in [2.75, 3.05) is 0 Å². The number of hydrogen-bond acceptors (Lipinski definition) is 4. The molecular formula is C12H11BrN4O. The van der Waals surface area contributed by atoms with Crippen LogP contribution in [0, 0.1) is 0 Å². The van der Waals surface area contributed by atoms with Crippen molar-refractivity contribution in [1.82, 2.24) is 15.0 Å². The topological polar surface area (TPSA) is 69.9 Å². The normalized spacial score (nSPS) is 13.1. The molecule has 0 aliphatic carbocycles. The number of para-hydroxylation sites is 1. The lowest BCUT2D eigenvalue weighted by atomic mass is 10.1. The molecule has 0 spiro atoms. The molecule has 2 N–H and O–H groups in total. The zero-order chi connectivity index (χ0) is 12.7. The molecule has 1 aromatic carbocycles. The van der Waals surface area contributed by atoms with Gasteiger partial charge < -0.3 is 10.2 Å². The van der Waals surface area contributed by atoms with Crippen LogP contribution in [0.5, 0.6) is 0 Å². The summed E-state index contributed by atoms with van der Waals surface area (Å²) in [7, 11) is 1.80. The van der Waals surface area contributed by atoms with Gasteiger partial charge >= 0.3 is 0 Å². The third-order valence-electron chi connectivity index (χ3n) is 2.87. The third-order valence-corrected chi connectivity index (χ3v) is 3.44. The Labute approximate surface area is 112 Å². The smallest absolute Gasteiger partial charge is 0.153 e. The lowest BCUT2D eigenvalue weighted by Gasteiger charge is -2.08. The van der Waals surface area contributed by atoms with E-state index in [4.69, 9.17) is 10.2 Å². The summed E-state index contributed by atoms with van der Waals surface area (Å²) in [6.45, 7) is 0. The first-order valence-corrected chi connectivity index (χ1v) is 6.25. The molecule has 1 unspecified atom stereocenters. The summed E-state index contributed by atoms with van der Waals surface area (Å²) in [4.78, 5) is 0. The van der Waals surface area contributed by atoms with Crippen molar-refractivity contribution < 1.29 is 4.42 Å². The molecule has 0 bridgehead atoms. The Bertz CT molecular complexity index is 650. The predicted octanol–water partition coefficient (Wildman–Crippen LogP) is 2.37. The summed E-state index contributed by atoms with van der Waals surface area (Å²) in [5, 5.41) is 8.88. The molecule has 3 rings (SSSR count). The Morgan fingerprint density at radius 3 is 2.83 bits per heavy atom. The molecule has 2 aromatic heterocycles. The van der Waals surface area contributed by atoms with Gasteiger partial charge in [0.2, 0.25) is 0 Å². The summed E-state index contributed by atoms with van der Waals surface area (Å²) < 4.78 is 8.03. The maximum atomic E-state index is 6.20. The first-order chi connectivity index (χ1) is 8.66. The maximum absolute atomic E-state index is 6.20. The number of halogens is 1. The number of aryl methyl sites for hydroxylation is 1. The highest BCUT2D eigenvalue weighted by molar-refractivity contribution is 9.10. The van der Waals surface area contributed by atoms with E-state index in [-0.39, 0.29) is 0 Å². The molecule has 0 saturated carbocycles. The second-order valence-corrected chi connectivity index (χ2v) is 4.80. The highest BCUT2D eigenvalue weighted by Crippen LogP contribution is 2.28. The second-order valence-electron chi connectivity index (χ2n) is 4.05. The van der Waals surface area contributed by atoms with E-state index in [2.05, 4.69) is 26.2 Å². The Morgan fingerprint density at radius 1 is 1.39 bits per heavy atom. The first kappa shape index (κ1) is 11.4. The zero-order valence-corrected chi connectivity index (χ0v) is 11.3. The van der Waals surface area contributed by atoms with Gasteiger partial charge in [0.1, 0.15) is 17.4 Å². The highest BCUT2D eigenvalue weighted by atomic mass is 79.9. The number of nitrogens with two attached hydrogens (primary N) is 1. The van der Waals surface area contributed by atoms with Crippen LogP contribution in [0.25, 0.3) is 11.0 Å². The third kappa shape index (κ3) is 1.74. The van der Waals surface area contributed by atoms with Crippen molar-refractivity contribution in [3.8, 4) is 0 Å². The van der Waals surface area contributed by atoms with Crippen LogP contribution in [-0.2, 0) is 7.05 Å². The summed E-state index contributed by atoms with van der Waals surface area (Å²) in [6.07, 6.45) is 0. The van der Waals surface area contributed by atoms with Crippen molar-refractivity contribution in [3.05, 3.63) is 46.4 Å². The molecular weight excluding hydrogens is 296 g/mol. The molecule has 1 atom stereocenters. The lowest BCUT2D eigenvalue weighted by molar-refractivity contribution is 0.508. The number of hydrogen-bond donors (Lipinski definition) is 1. The van der Waals surface area contributed by atoms with E-state index in [9.17, 15) is 0 Å². The van der Waals surface area contributed by atoms with Crippen LogP contribution in [0.4, 0.5) is 0 Å². The van der Waals surface area contributed by atoms with E-state index < -0.39 is 6.04 Å². The van der Waals surface area contributed by atoms with Gasteiger partial charge in [-0.2, -0.15) is 0 Å². The number of aromatic nitrogens is 3. The molecule has 0 amide bonds. The fraction of sp³-hybridized carbons (Fsp3) is 0.167. The van der Waals surface area contributed by atoms with E-state index in [1.54, 1.807) is 11.7 Å². The van der Waals surface area contributed by atoms with Crippen LogP contribution in [0.1, 0.15) is 17.5 Å². The summed E-state index contributed by atoms with van der Waals surface area (Å²) >= 11 is 3.34. The molecule has 0 aliphatic rings. The van der Waals surface area contributed by atoms with Crippen LogP contribution in [0.2, 0.25) is 0 Å². The largest absolute Gasteiger partial charge is 0.459 e. The quantitative estimate of drug-likeness (QED) is 0.789. The Kier molecular flexibility index (Phi) is 2.68. The minimum atomic E-state index is -0.397. The second kappa shape index (κ2) is 4.22. The fourth-order valence-corrected chi connectivity index (χ4v) is 2.53. The lowest BCUT2D eigenvalue weighted by Crippen LogP contribution is -2.15. The van der Waals surface area contributed by atoms with Crippen LogP contribution < -0.4 is 5.73 Å². The van der Waals surface area contributed by atoms with E-state index in [1.807, 2.05) is 30.3 Å². The SMILES string of the molecule is Cn1nnc(Br)c1C(N)c1cc2ccccc2o1. The van der Waals surface area contributed by atoms with Gasteiger partial charge in [-0.1, -0.05) is 23.4 Å². The molecule has 0 aliphatic heterocycles. The van der Waals surface area contributed by atoms with E-state index in [1.165, 1.54) is 0 Å². The van der Waals surface area contributed by atoms with Gasteiger partial charge in [-0.05, 0) is 28.1 Å². The van der Waals surface area contributed by atoms with Gasteiger partial charge in [0, 0.05) is 12.4 Å². The molecule has 0 radical (unpaired) electrons. The van der Waals surface area contributed by atoms with Gasteiger partial charge in [0.05, 0.1) is 5.69 Å². The molecule has 6 heteroatoms. The van der Waals surface area contributed by atoms with Gasteiger partial charge in [0.15, 0.2) is 4.60 Å². The average molecular weight is 307 g/mol. The number of rotatable bonds is 2. The molecule has 2 heterocycles. The number of furan rings is 1. The van der Waals surface area contributed by atoms with Gasteiger partial charge in [-0.25, -0.2) is 4.68 Å². The predicted molar refractivity (Wildman–Crippen MR) is 70.9 cm³/mol. The molecule has 18 heavy (non-hydrogen) atoms. The molecule has 3 aromatic rings. The van der Waals surface area contributed by atoms with Crippen molar-refractivity contribution in [2.45, 2.75) is 6.04 Å². The van der Waals surface area contributed by atoms with Crippen molar-refractivity contribution >= 4 is 26.9 Å². The van der Waals surface area contributed by atoms with E-state index >= 15 is 0 Å². The maximum Gasteiger partial charge on any atom is 0.153 e. The van der Waals surface area contributed by atoms with Crippen molar-refractivity contribution in [2.24, 2.45) is 12.8 Å². The number of nitrogens with zero attached hydrogens (tertiary/aromatic N) is 3. The average Bonchev–Trinajstić information content (AvgIpc) is 2.92. The van der Waals surface area contributed by atoms with Crippen molar-refractivity contribution in [1.29, 1.82) is 0 Å². The van der Waals surface area contributed by atoms with Gasteiger partial charge in [0.25, 0.3) is 0 Å². The van der Waals surface area contributed by atoms with E-state index in [0.717, 1.165) is 16.7 Å². The standard InChI is InChI=1S/C12H11BrN4O/c1-17-11(12(13)15-16-17)10(14)9-6-7-4-2-3-5-8(7)18-9/h2-6,10H,14H2,1H3. The highest BCUT2D eigenvalue weighted by Gasteiger charge is 2.21. The molecule has 5 nitrogen and oxygen atoms in total. The number of fused-ring (bicyclic) bond motifs is 1. The molecule has 92 valence electrons. The summed E-state index contributed by atoms with van der Waals surface area (Å²) in [5.74, 6) is 0.697. The first-order valence-electron chi connectivity index (χ1n) is 5.46. The van der Waals surface area contributed by atoms with Crippen LogP contribution in [-0.4, -0.2) is 15.0 Å². The minimum absolute atomic E-state index is 0.397. The summed E-state index contributed by atoms with van der Waals surface area (Å²) in [5.41, 5.74) is 7.82. The van der Waals surface area contributed by atoms with Gasteiger partial charge in [-0.15, -0.1) is 5.10 Å². The molecule has 0 fully saturated rings. The Hall–Kier alpha value is -1.66. The van der Waals surface area contributed by atoms with Crippen molar-refractivity contribution in [3.63, 3.8) is 0 Å². The summed E-state index contributed by atoms with van der Waals surface area (Å²) in [6, 6.07) is 9.36. The zero-order valence-electron chi connectivity index (χ0n) is 9.67. The Morgan fingerprint density at radius 2 is 2.17 bits per heavy atom. The molecule has 0 saturated heterocycles. The monoisotopic (exact) mass is 306 g/mol. The fourth-order valence-electron chi connectivity index (χ4n) is 1.96. The van der Waals surface area contributed by atoms with Crippen LogP contribution in [0.3, 0.4) is 0 Å².